The highest BCUT2D eigenvalue weighted by Gasteiger charge is 2.20. The van der Waals surface area contributed by atoms with E-state index >= 15 is 0 Å². The normalized spacial score (nSPS) is 15.5. The van der Waals surface area contributed by atoms with E-state index in [4.69, 9.17) is 24.4 Å². The molecular formula is C22H31N3O4. The topological polar surface area (TPSA) is 83.9 Å². The van der Waals surface area contributed by atoms with E-state index in [2.05, 4.69) is 16.3 Å². The number of methoxy groups -OCH3 is 1. The summed E-state index contributed by atoms with van der Waals surface area (Å²) >= 11 is 0. The molecule has 0 atom stereocenters. The Kier molecular flexibility index (Phi) is 7.52. The summed E-state index contributed by atoms with van der Waals surface area (Å²) in [5.41, 5.74) is 4.78. The molecule has 1 saturated heterocycles. The molecule has 158 valence electrons. The zero-order valence-corrected chi connectivity index (χ0v) is 17.4. The Morgan fingerprint density at radius 2 is 1.97 bits per heavy atom. The number of nitrogens with zero attached hydrogens (tertiary/aromatic N) is 2. The summed E-state index contributed by atoms with van der Waals surface area (Å²) in [6.45, 7) is 4.05. The number of nitrogens with one attached hydrogen (secondary N) is 1. The van der Waals surface area contributed by atoms with Gasteiger partial charge in [0.25, 0.3) is 6.47 Å². The summed E-state index contributed by atoms with van der Waals surface area (Å²) in [5, 5.41) is 11.4. The lowest BCUT2D eigenvalue weighted by atomic mass is 10.1. The summed E-state index contributed by atoms with van der Waals surface area (Å²) in [6.07, 6.45) is 7.07. The van der Waals surface area contributed by atoms with Crippen molar-refractivity contribution in [3.63, 3.8) is 0 Å². The second-order valence-electron chi connectivity index (χ2n) is 7.39. The van der Waals surface area contributed by atoms with Gasteiger partial charge in [-0.1, -0.05) is 0 Å². The van der Waals surface area contributed by atoms with Gasteiger partial charge in [-0.2, -0.15) is 0 Å². The molecule has 1 aromatic carbocycles. The molecule has 1 fully saturated rings. The predicted molar refractivity (Wildman–Crippen MR) is 114 cm³/mol. The lowest BCUT2D eigenvalue weighted by Crippen LogP contribution is -2.21. The first-order valence-corrected chi connectivity index (χ1v) is 10.4. The molecule has 1 aromatic heterocycles. The van der Waals surface area contributed by atoms with Crippen LogP contribution in [0.4, 0.5) is 5.69 Å². The molecule has 0 saturated carbocycles. The van der Waals surface area contributed by atoms with Crippen molar-refractivity contribution in [2.24, 2.45) is 0 Å². The average Bonchev–Trinajstić information content (AvgIpc) is 3.41. The highest BCUT2D eigenvalue weighted by molar-refractivity contribution is 5.95. The minimum Gasteiger partial charge on any atom is -0.493 e. The maximum absolute atomic E-state index is 8.36. The van der Waals surface area contributed by atoms with E-state index in [1.165, 1.54) is 49.3 Å². The van der Waals surface area contributed by atoms with Gasteiger partial charge in [0.15, 0.2) is 11.5 Å². The summed E-state index contributed by atoms with van der Waals surface area (Å²) in [6, 6.07) is 4.12. The molecule has 7 heteroatoms. The van der Waals surface area contributed by atoms with Crippen LogP contribution in [0.3, 0.4) is 0 Å². The van der Waals surface area contributed by atoms with E-state index in [1.807, 2.05) is 13.1 Å². The Labute approximate surface area is 172 Å². The van der Waals surface area contributed by atoms with Gasteiger partial charge in [-0.05, 0) is 63.2 Å². The van der Waals surface area contributed by atoms with Crippen LogP contribution in [0.25, 0.3) is 10.9 Å². The fourth-order valence-corrected chi connectivity index (χ4v) is 4.30. The van der Waals surface area contributed by atoms with Crippen molar-refractivity contribution >= 4 is 23.1 Å². The molecule has 2 N–H and O–H groups in total. The molecule has 1 aliphatic carbocycles. The molecule has 7 nitrogen and oxygen atoms in total. The molecule has 0 spiro atoms. The molecule has 0 unspecified atom stereocenters. The van der Waals surface area contributed by atoms with Crippen LogP contribution >= 0.6 is 0 Å². The summed E-state index contributed by atoms with van der Waals surface area (Å²) in [5.74, 6) is 1.59. The zero-order chi connectivity index (χ0) is 20.6. The third-order valence-corrected chi connectivity index (χ3v) is 5.62. The third kappa shape index (κ3) is 4.90. The van der Waals surface area contributed by atoms with Crippen LogP contribution in [-0.2, 0) is 17.6 Å². The number of hydrogen-bond acceptors (Lipinski definition) is 6. The second-order valence-corrected chi connectivity index (χ2v) is 7.39. The lowest BCUT2D eigenvalue weighted by Gasteiger charge is -2.17. The zero-order valence-electron chi connectivity index (χ0n) is 17.4. The van der Waals surface area contributed by atoms with Crippen molar-refractivity contribution < 1.29 is 19.4 Å². The molecular weight excluding hydrogens is 370 g/mol. The van der Waals surface area contributed by atoms with E-state index in [-0.39, 0.29) is 6.47 Å². The van der Waals surface area contributed by atoms with Crippen molar-refractivity contribution in [2.75, 3.05) is 45.7 Å². The first-order chi connectivity index (χ1) is 14.2. The van der Waals surface area contributed by atoms with Crippen LogP contribution in [0.2, 0.25) is 0 Å². The summed E-state index contributed by atoms with van der Waals surface area (Å²) < 4.78 is 11.7. The van der Waals surface area contributed by atoms with E-state index in [0.717, 1.165) is 48.2 Å². The number of carboxylic acid groups (broad SMARTS) is 1. The van der Waals surface area contributed by atoms with Gasteiger partial charge in [-0.3, -0.25) is 9.78 Å². The van der Waals surface area contributed by atoms with E-state index in [9.17, 15) is 0 Å². The SMILES string of the molecule is CNc1c2c(nc3cc(OCCCN4CCCC4)c(OC)cc13)CCC2.O=CO. The van der Waals surface area contributed by atoms with Crippen LogP contribution < -0.4 is 14.8 Å². The highest BCUT2D eigenvalue weighted by Crippen LogP contribution is 2.39. The molecule has 0 amide bonds. The minimum absolute atomic E-state index is 0.250. The smallest absolute Gasteiger partial charge is 0.290 e. The van der Waals surface area contributed by atoms with E-state index < -0.39 is 0 Å². The number of ether oxygens (including phenoxy) is 2. The number of likely N-dealkylation sites (tertiary alicyclic amines) is 1. The fraction of sp³-hybridized carbons (Fsp3) is 0.545. The Balaban J connectivity index is 0.000000755. The standard InChI is InChI=1S/C21H29N3O2.CH2O2/c1-22-21-15-7-5-8-17(15)23-18-14-20(19(25-2)13-16(18)21)26-12-6-11-24-9-3-4-10-24;2-1-3/h13-14H,3-12H2,1-2H3,(H,22,23);1H,(H,2,3). The molecule has 1 aliphatic heterocycles. The number of pyridine rings is 1. The van der Waals surface area contributed by atoms with Crippen LogP contribution in [-0.4, -0.2) is 61.9 Å². The number of aryl methyl sites for hydroxylation is 1. The number of carbonyl (C=O) groups is 1. The second kappa shape index (κ2) is 10.3. The van der Waals surface area contributed by atoms with Gasteiger partial charge in [0.2, 0.25) is 0 Å². The molecule has 2 heterocycles. The molecule has 0 radical (unpaired) electrons. The molecule has 2 aromatic rings. The first kappa shape index (κ1) is 21.2. The number of aromatic nitrogens is 1. The van der Waals surface area contributed by atoms with Crippen LogP contribution in [0, 0.1) is 0 Å². The average molecular weight is 402 g/mol. The van der Waals surface area contributed by atoms with Gasteiger partial charge < -0.3 is 24.8 Å². The number of fused-ring (bicyclic) bond motifs is 2. The van der Waals surface area contributed by atoms with Crippen molar-refractivity contribution in [1.29, 1.82) is 0 Å². The summed E-state index contributed by atoms with van der Waals surface area (Å²) in [7, 11) is 3.70. The van der Waals surface area contributed by atoms with Gasteiger partial charge in [0, 0.05) is 36.4 Å². The van der Waals surface area contributed by atoms with Crippen LogP contribution in [0.1, 0.15) is 36.9 Å². The van der Waals surface area contributed by atoms with E-state index in [0.29, 0.717) is 6.61 Å². The van der Waals surface area contributed by atoms with Crippen molar-refractivity contribution in [3.05, 3.63) is 23.4 Å². The number of benzene rings is 1. The third-order valence-electron chi connectivity index (χ3n) is 5.62. The van der Waals surface area contributed by atoms with Gasteiger partial charge in [-0.25, -0.2) is 0 Å². The van der Waals surface area contributed by atoms with Crippen LogP contribution in [0.15, 0.2) is 12.1 Å². The van der Waals surface area contributed by atoms with Crippen molar-refractivity contribution in [1.82, 2.24) is 9.88 Å². The van der Waals surface area contributed by atoms with Crippen molar-refractivity contribution in [3.8, 4) is 11.5 Å². The first-order valence-electron chi connectivity index (χ1n) is 10.4. The molecule has 29 heavy (non-hydrogen) atoms. The minimum atomic E-state index is -0.250. The molecule has 2 aliphatic rings. The number of anilines is 1. The maximum Gasteiger partial charge on any atom is 0.290 e. The van der Waals surface area contributed by atoms with Gasteiger partial charge in [0.1, 0.15) is 0 Å². The number of rotatable bonds is 7. The van der Waals surface area contributed by atoms with Crippen molar-refractivity contribution in [2.45, 2.75) is 38.5 Å². The Hall–Kier alpha value is -2.54. The highest BCUT2D eigenvalue weighted by atomic mass is 16.5. The van der Waals surface area contributed by atoms with Crippen LogP contribution in [0.5, 0.6) is 11.5 Å². The van der Waals surface area contributed by atoms with Gasteiger partial charge in [0.05, 0.1) is 19.2 Å². The van der Waals surface area contributed by atoms with Gasteiger partial charge >= 0.3 is 0 Å². The molecule has 4 rings (SSSR count). The Morgan fingerprint density at radius 3 is 2.66 bits per heavy atom. The monoisotopic (exact) mass is 401 g/mol. The fourth-order valence-electron chi connectivity index (χ4n) is 4.30. The number of hydrogen-bond donors (Lipinski definition) is 2. The maximum atomic E-state index is 8.36. The quantitative estimate of drug-likeness (QED) is 0.544. The predicted octanol–water partition coefficient (Wildman–Crippen LogP) is 3.34. The Morgan fingerprint density at radius 1 is 1.21 bits per heavy atom. The molecule has 0 bridgehead atoms. The largest absolute Gasteiger partial charge is 0.493 e. The van der Waals surface area contributed by atoms with E-state index in [1.54, 1.807) is 7.11 Å². The summed E-state index contributed by atoms with van der Waals surface area (Å²) in [4.78, 5) is 15.8. The lowest BCUT2D eigenvalue weighted by molar-refractivity contribution is -0.122. The Bertz CT molecular complexity index is 835. The van der Waals surface area contributed by atoms with Gasteiger partial charge in [-0.15, -0.1) is 0 Å².